The number of rotatable bonds is 5. The van der Waals surface area contributed by atoms with E-state index in [9.17, 15) is 0 Å². The Morgan fingerprint density at radius 1 is 1.52 bits per heavy atom. The van der Waals surface area contributed by atoms with Gasteiger partial charge in [-0.25, -0.2) is 10.4 Å². The Hall–Kier alpha value is -1.66. The van der Waals surface area contributed by atoms with E-state index in [0.717, 1.165) is 30.2 Å². The van der Waals surface area contributed by atoms with Gasteiger partial charge in [0.05, 0.1) is 0 Å². The molecule has 6 nitrogen and oxygen atoms in total. The molecule has 1 saturated carbocycles. The van der Waals surface area contributed by atoms with Gasteiger partial charge in [0, 0.05) is 25.6 Å². The van der Waals surface area contributed by atoms with E-state index < -0.39 is 0 Å². The van der Waals surface area contributed by atoms with Crippen LogP contribution in [-0.2, 0) is 4.74 Å². The fourth-order valence-corrected chi connectivity index (χ4v) is 3.66. The molecule has 3 atom stereocenters. The second-order valence-corrected chi connectivity index (χ2v) is 6.27. The molecule has 3 heterocycles. The summed E-state index contributed by atoms with van der Waals surface area (Å²) < 4.78 is 6.66. The minimum absolute atomic E-state index is 0.0983. The van der Waals surface area contributed by atoms with Gasteiger partial charge >= 0.3 is 0 Å². The molecule has 0 aromatic heterocycles. The summed E-state index contributed by atoms with van der Waals surface area (Å²) in [6.45, 7) is 4.50. The Kier molecular flexibility index (Phi) is 2.74. The van der Waals surface area contributed by atoms with Crippen LogP contribution in [0.25, 0.3) is 0 Å². The molecule has 0 aromatic carbocycles. The van der Waals surface area contributed by atoms with Gasteiger partial charge in [0.25, 0.3) is 5.88 Å². The number of amidine groups is 1. The third kappa shape index (κ3) is 1.66. The van der Waals surface area contributed by atoms with Gasteiger partial charge in [-0.1, -0.05) is 6.42 Å². The molecular weight excluding hydrogens is 266 g/mol. The van der Waals surface area contributed by atoms with Crippen molar-refractivity contribution >= 4 is 12.6 Å². The van der Waals surface area contributed by atoms with Gasteiger partial charge < -0.3 is 10.1 Å². The summed E-state index contributed by atoms with van der Waals surface area (Å²) in [5, 5.41) is 15.0. The van der Waals surface area contributed by atoms with Crippen molar-refractivity contribution < 1.29 is 9.22 Å². The van der Waals surface area contributed by atoms with Crippen molar-refractivity contribution in [2.45, 2.75) is 44.0 Å². The number of hydrogen-bond donors (Lipinski definition) is 3. The highest BCUT2D eigenvalue weighted by Crippen LogP contribution is 2.55. The molecule has 3 aliphatic heterocycles. The molecule has 2 saturated heterocycles. The third-order valence-electron chi connectivity index (χ3n) is 5.19. The van der Waals surface area contributed by atoms with Crippen LogP contribution in [0.4, 0.5) is 0 Å². The summed E-state index contributed by atoms with van der Waals surface area (Å²) in [6, 6.07) is 0.957. The first-order chi connectivity index (χ1) is 10.2. The lowest BCUT2D eigenvalue weighted by Crippen LogP contribution is -2.49. The predicted octanol–water partition coefficient (Wildman–Crippen LogP) is 1.04. The Balaban J connectivity index is 1.44. The second kappa shape index (κ2) is 4.42. The average molecular weight is 288 g/mol. The zero-order valence-electron chi connectivity index (χ0n) is 12.4. The Bertz CT molecular complexity index is 577. The van der Waals surface area contributed by atoms with E-state index in [4.69, 9.17) is 10.1 Å². The van der Waals surface area contributed by atoms with E-state index in [1.165, 1.54) is 19.3 Å². The number of aliphatic imine (C=N–C) groups is 1. The summed E-state index contributed by atoms with van der Waals surface area (Å²) in [4.78, 5) is 3.98. The molecule has 0 spiro atoms. The molecule has 1 aliphatic carbocycles. The lowest BCUT2D eigenvalue weighted by molar-refractivity contribution is -0.708. The zero-order valence-corrected chi connectivity index (χ0v) is 12.4. The van der Waals surface area contributed by atoms with Gasteiger partial charge in [-0.15, -0.1) is 0 Å². The van der Waals surface area contributed by atoms with Crippen molar-refractivity contribution in [2.75, 3.05) is 13.6 Å². The van der Waals surface area contributed by atoms with Crippen molar-refractivity contribution in [3.63, 3.8) is 0 Å². The summed E-state index contributed by atoms with van der Waals surface area (Å²) >= 11 is 0. The summed E-state index contributed by atoms with van der Waals surface area (Å²) in [5.41, 5.74) is 0.993. The molecule has 112 valence electrons. The van der Waals surface area contributed by atoms with Gasteiger partial charge in [-0.05, 0) is 19.6 Å². The molecule has 21 heavy (non-hydrogen) atoms. The quantitative estimate of drug-likeness (QED) is 0.402. The first-order valence-electron chi connectivity index (χ1n) is 7.70. The zero-order chi connectivity index (χ0) is 14.6. The predicted molar refractivity (Wildman–Crippen MR) is 80.6 cm³/mol. The monoisotopic (exact) mass is 288 g/mol. The lowest BCUT2D eigenvalue weighted by Gasteiger charge is -2.32. The second-order valence-electron chi connectivity index (χ2n) is 6.27. The number of quaternary nitrogens is 1. The summed E-state index contributed by atoms with van der Waals surface area (Å²) in [7, 11) is 1.82. The molecule has 4 rings (SSSR count). The minimum atomic E-state index is 0.0983. The van der Waals surface area contributed by atoms with E-state index >= 15 is 0 Å². The maximum Gasteiger partial charge on any atom is 0.296 e. The van der Waals surface area contributed by atoms with Crippen LogP contribution in [0.1, 0.15) is 25.7 Å². The largest absolute Gasteiger partial charge is 0.432 e. The van der Waals surface area contributed by atoms with E-state index in [1.807, 2.05) is 7.05 Å². The van der Waals surface area contributed by atoms with Crippen molar-refractivity contribution in [3.05, 3.63) is 23.4 Å². The Morgan fingerprint density at radius 3 is 2.90 bits per heavy atom. The molecule has 0 aromatic rings. The minimum Gasteiger partial charge on any atom is -0.432 e. The fourth-order valence-electron chi connectivity index (χ4n) is 3.66. The maximum atomic E-state index is 8.38. The standard InChI is InChI=1S/C15H22N5O/c1-17-15(18-2)13-10-8-20(10,14(13)16)12-7-6-11(21-12)19-9-4-3-5-9/h7,9-11,16,18-19H,1,3-6,8H2,2H3/q+1. The Morgan fingerprint density at radius 2 is 2.33 bits per heavy atom. The molecule has 0 radical (unpaired) electrons. The highest BCUT2D eigenvalue weighted by Gasteiger charge is 2.77. The van der Waals surface area contributed by atoms with Gasteiger partial charge in [0.2, 0.25) is 5.84 Å². The van der Waals surface area contributed by atoms with E-state index in [1.54, 1.807) is 0 Å². The van der Waals surface area contributed by atoms with Crippen LogP contribution in [0.5, 0.6) is 0 Å². The van der Waals surface area contributed by atoms with Crippen LogP contribution in [0.3, 0.4) is 0 Å². The summed E-state index contributed by atoms with van der Waals surface area (Å²) in [6.07, 6.45) is 7.01. The lowest BCUT2D eigenvalue weighted by atomic mass is 9.93. The molecule has 0 bridgehead atoms. The van der Waals surface area contributed by atoms with E-state index in [2.05, 4.69) is 28.4 Å². The van der Waals surface area contributed by atoms with Crippen molar-refractivity contribution in [2.24, 2.45) is 4.99 Å². The third-order valence-corrected chi connectivity index (χ3v) is 5.19. The smallest absolute Gasteiger partial charge is 0.296 e. The number of nitrogens with zero attached hydrogens (tertiary/aromatic N) is 2. The molecule has 3 N–H and O–H groups in total. The number of nitrogens with one attached hydrogen (secondary N) is 3. The maximum absolute atomic E-state index is 8.38. The van der Waals surface area contributed by atoms with Gasteiger partial charge in [0.15, 0.2) is 18.8 Å². The van der Waals surface area contributed by atoms with Crippen LogP contribution in [-0.4, -0.2) is 48.9 Å². The van der Waals surface area contributed by atoms with Crippen molar-refractivity contribution in [3.8, 4) is 0 Å². The number of hydrogen-bond acceptors (Lipinski definition) is 5. The molecular formula is C15H22N5O+. The molecule has 4 aliphatic rings. The molecule has 3 fully saturated rings. The van der Waals surface area contributed by atoms with Crippen LogP contribution in [0.15, 0.2) is 28.3 Å². The topological polar surface area (TPSA) is 69.5 Å². The van der Waals surface area contributed by atoms with Crippen LogP contribution in [0.2, 0.25) is 0 Å². The molecule has 6 heteroatoms. The highest BCUT2D eigenvalue weighted by molar-refractivity contribution is 6.01. The van der Waals surface area contributed by atoms with Crippen LogP contribution in [0, 0.1) is 5.41 Å². The SMILES string of the molecule is C=NC(NC)=C1C(=N)[N+]2(C3=CCC(NC4CCC4)O3)CC12. The number of fused-ring (bicyclic) bond motifs is 1. The van der Waals surface area contributed by atoms with Crippen molar-refractivity contribution in [1.29, 1.82) is 5.41 Å². The number of ether oxygens (including phenoxy) is 1. The van der Waals surface area contributed by atoms with E-state index in [0.29, 0.717) is 22.4 Å². The Labute approximate surface area is 124 Å². The molecule has 0 amide bonds. The normalized spacial score (nSPS) is 39.5. The summed E-state index contributed by atoms with van der Waals surface area (Å²) in [5.74, 6) is 2.29. The van der Waals surface area contributed by atoms with Gasteiger partial charge in [-0.3, -0.25) is 5.32 Å². The first-order valence-corrected chi connectivity index (χ1v) is 7.70. The first kappa shape index (κ1) is 13.0. The highest BCUT2D eigenvalue weighted by atomic mass is 16.5. The average Bonchev–Trinajstić information content (AvgIpc) is 2.90. The fraction of sp³-hybridized carbons (Fsp3) is 0.600. The van der Waals surface area contributed by atoms with Gasteiger partial charge in [-0.2, -0.15) is 4.48 Å². The van der Waals surface area contributed by atoms with E-state index in [-0.39, 0.29) is 6.23 Å². The van der Waals surface area contributed by atoms with Crippen molar-refractivity contribution in [1.82, 2.24) is 10.6 Å². The van der Waals surface area contributed by atoms with Crippen LogP contribution >= 0.6 is 0 Å². The van der Waals surface area contributed by atoms with Crippen LogP contribution < -0.4 is 10.6 Å². The van der Waals surface area contributed by atoms with Gasteiger partial charge in [0.1, 0.15) is 11.4 Å². The molecule has 3 unspecified atom stereocenters.